The molecule has 0 aliphatic rings. The molecule has 0 saturated heterocycles. The quantitative estimate of drug-likeness (QED) is 0.784. The van der Waals surface area contributed by atoms with Crippen LogP contribution in [0.25, 0.3) is 0 Å². The Morgan fingerprint density at radius 2 is 1.55 bits per heavy atom. The molecule has 5 heteroatoms. The van der Waals surface area contributed by atoms with Gasteiger partial charge in [0, 0.05) is 22.3 Å². The van der Waals surface area contributed by atoms with E-state index in [-0.39, 0.29) is 6.03 Å². The van der Waals surface area contributed by atoms with Crippen molar-refractivity contribution >= 4 is 34.9 Å². The Kier molecular flexibility index (Phi) is 6.63. The lowest BCUT2D eigenvalue weighted by atomic mass is 9.85. The van der Waals surface area contributed by atoms with Crippen molar-refractivity contribution in [2.45, 2.75) is 27.7 Å². The lowest BCUT2D eigenvalue weighted by Gasteiger charge is -2.25. The van der Waals surface area contributed by atoms with Gasteiger partial charge in [-0.3, -0.25) is 0 Å². The van der Waals surface area contributed by atoms with Crippen LogP contribution in [0.3, 0.4) is 0 Å². The van der Waals surface area contributed by atoms with Crippen molar-refractivity contribution in [3.05, 3.63) is 28.2 Å². The minimum atomic E-state index is -0.241. The molecule has 0 saturated carbocycles. The summed E-state index contributed by atoms with van der Waals surface area (Å²) in [5.41, 5.74) is 0.589. The van der Waals surface area contributed by atoms with Gasteiger partial charge in [0.05, 0.1) is 0 Å². The van der Waals surface area contributed by atoms with Crippen LogP contribution in [-0.4, -0.2) is 12.6 Å². The Labute approximate surface area is 131 Å². The normalized spacial score (nSPS) is 11.2. The molecule has 0 aliphatic heterocycles. The molecule has 0 unspecified atom stereocenters. The number of carbonyl (C=O) groups excluding carboxylic acids is 1. The van der Waals surface area contributed by atoms with Gasteiger partial charge in [0.15, 0.2) is 0 Å². The molecular weight excluding hydrogens is 295 g/mol. The van der Waals surface area contributed by atoms with Gasteiger partial charge in [0.25, 0.3) is 0 Å². The smallest absolute Gasteiger partial charge is 0.319 e. The minimum absolute atomic E-state index is 0.241. The summed E-state index contributed by atoms with van der Waals surface area (Å²) in [5.74, 6) is 1.50. The first-order valence-electron chi connectivity index (χ1n) is 6.80. The Balaban J connectivity index is 2.55. The van der Waals surface area contributed by atoms with E-state index in [0.717, 1.165) is 0 Å². The Bertz CT molecular complexity index is 433. The third-order valence-electron chi connectivity index (χ3n) is 3.33. The van der Waals surface area contributed by atoms with Gasteiger partial charge in [-0.2, -0.15) is 0 Å². The predicted molar refractivity (Wildman–Crippen MR) is 86.6 cm³/mol. The van der Waals surface area contributed by atoms with Crippen LogP contribution in [0.4, 0.5) is 10.5 Å². The molecule has 0 spiro atoms. The summed E-state index contributed by atoms with van der Waals surface area (Å²) >= 11 is 11.8. The van der Waals surface area contributed by atoms with Gasteiger partial charge in [-0.25, -0.2) is 4.79 Å². The fourth-order valence-corrected chi connectivity index (χ4v) is 2.78. The Morgan fingerprint density at radius 3 is 2.00 bits per heavy atom. The van der Waals surface area contributed by atoms with Gasteiger partial charge >= 0.3 is 6.03 Å². The molecule has 2 N–H and O–H groups in total. The number of nitrogens with one attached hydrogen (secondary N) is 2. The SMILES string of the molecule is CC(C)C(CNC(=O)Nc1cc(Cl)cc(Cl)c1)C(C)C. The third-order valence-corrected chi connectivity index (χ3v) is 3.77. The average Bonchev–Trinajstić information content (AvgIpc) is 2.26. The molecule has 0 fully saturated rings. The highest BCUT2D eigenvalue weighted by atomic mass is 35.5. The van der Waals surface area contributed by atoms with E-state index in [9.17, 15) is 4.79 Å². The number of hydrogen-bond acceptors (Lipinski definition) is 1. The summed E-state index contributed by atoms with van der Waals surface area (Å²) in [6, 6.07) is 4.71. The van der Waals surface area contributed by atoms with E-state index in [1.807, 2.05) is 0 Å². The monoisotopic (exact) mass is 316 g/mol. The van der Waals surface area contributed by atoms with Gasteiger partial charge in [0.2, 0.25) is 0 Å². The molecule has 0 aliphatic carbocycles. The highest BCUT2D eigenvalue weighted by molar-refractivity contribution is 6.35. The van der Waals surface area contributed by atoms with Gasteiger partial charge < -0.3 is 10.6 Å². The van der Waals surface area contributed by atoms with Crippen LogP contribution >= 0.6 is 23.2 Å². The van der Waals surface area contributed by atoms with E-state index in [2.05, 4.69) is 38.3 Å². The number of benzene rings is 1. The van der Waals surface area contributed by atoms with Crippen molar-refractivity contribution in [2.75, 3.05) is 11.9 Å². The molecule has 1 rings (SSSR count). The van der Waals surface area contributed by atoms with Gasteiger partial charge in [0.1, 0.15) is 0 Å². The third kappa shape index (κ3) is 5.59. The first-order chi connectivity index (χ1) is 9.29. The van der Waals surface area contributed by atoms with Gasteiger partial charge in [-0.1, -0.05) is 50.9 Å². The number of carbonyl (C=O) groups is 1. The van der Waals surface area contributed by atoms with Crippen LogP contribution in [0.2, 0.25) is 10.0 Å². The number of hydrogen-bond donors (Lipinski definition) is 2. The fraction of sp³-hybridized carbons (Fsp3) is 0.533. The summed E-state index contributed by atoms with van der Waals surface area (Å²) in [5, 5.41) is 6.63. The maximum atomic E-state index is 11.9. The molecule has 0 atom stereocenters. The maximum absolute atomic E-state index is 11.9. The first kappa shape index (κ1) is 17.1. The molecule has 3 nitrogen and oxygen atoms in total. The number of halogens is 2. The van der Waals surface area contributed by atoms with E-state index in [1.165, 1.54) is 0 Å². The molecule has 0 radical (unpaired) electrons. The zero-order chi connectivity index (χ0) is 15.3. The summed E-state index contributed by atoms with van der Waals surface area (Å²) in [4.78, 5) is 11.9. The van der Waals surface area contributed by atoms with E-state index < -0.39 is 0 Å². The highest BCUT2D eigenvalue weighted by Gasteiger charge is 2.18. The van der Waals surface area contributed by atoms with Crippen LogP contribution in [0.15, 0.2) is 18.2 Å². The maximum Gasteiger partial charge on any atom is 0.319 e. The summed E-state index contributed by atoms with van der Waals surface area (Å²) in [7, 11) is 0. The minimum Gasteiger partial charge on any atom is -0.338 e. The second kappa shape index (κ2) is 7.75. The van der Waals surface area contributed by atoms with E-state index >= 15 is 0 Å². The number of amides is 2. The van der Waals surface area contributed by atoms with Gasteiger partial charge in [-0.15, -0.1) is 0 Å². The molecule has 0 bridgehead atoms. The number of rotatable bonds is 5. The first-order valence-corrected chi connectivity index (χ1v) is 7.56. The highest BCUT2D eigenvalue weighted by Crippen LogP contribution is 2.22. The summed E-state index contributed by atoms with van der Waals surface area (Å²) in [6.07, 6.45) is 0. The van der Waals surface area contributed by atoms with Crippen LogP contribution in [0, 0.1) is 17.8 Å². The van der Waals surface area contributed by atoms with Crippen LogP contribution in [0.5, 0.6) is 0 Å². The summed E-state index contributed by atoms with van der Waals surface area (Å²) < 4.78 is 0. The molecule has 1 aromatic carbocycles. The van der Waals surface area contributed by atoms with E-state index in [4.69, 9.17) is 23.2 Å². The molecule has 0 aromatic heterocycles. The van der Waals surface area contributed by atoms with Crippen molar-refractivity contribution in [1.29, 1.82) is 0 Å². The average molecular weight is 317 g/mol. The Morgan fingerprint density at radius 1 is 1.05 bits per heavy atom. The lowest BCUT2D eigenvalue weighted by Crippen LogP contribution is -2.36. The molecule has 1 aromatic rings. The van der Waals surface area contributed by atoms with Crippen molar-refractivity contribution < 1.29 is 4.79 Å². The topological polar surface area (TPSA) is 41.1 Å². The van der Waals surface area contributed by atoms with Crippen molar-refractivity contribution in [2.24, 2.45) is 17.8 Å². The van der Waals surface area contributed by atoms with Crippen molar-refractivity contribution in [3.8, 4) is 0 Å². The predicted octanol–water partition coefficient (Wildman–Crippen LogP) is 5.04. The number of urea groups is 1. The van der Waals surface area contributed by atoms with Gasteiger partial charge in [-0.05, 0) is 36.0 Å². The zero-order valence-corrected chi connectivity index (χ0v) is 13.8. The van der Waals surface area contributed by atoms with E-state index in [1.54, 1.807) is 18.2 Å². The zero-order valence-electron chi connectivity index (χ0n) is 12.3. The lowest BCUT2D eigenvalue weighted by molar-refractivity contribution is 0.239. The summed E-state index contributed by atoms with van der Waals surface area (Å²) in [6.45, 7) is 9.32. The second-order valence-electron chi connectivity index (χ2n) is 5.65. The van der Waals surface area contributed by atoms with Crippen LogP contribution in [-0.2, 0) is 0 Å². The van der Waals surface area contributed by atoms with E-state index in [0.29, 0.717) is 40.0 Å². The molecule has 0 heterocycles. The molecule has 2 amide bonds. The largest absolute Gasteiger partial charge is 0.338 e. The second-order valence-corrected chi connectivity index (χ2v) is 6.52. The van der Waals surface area contributed by atoms with Crippen molar-refractivity contribution in [3.63, 3.8) is 0 Å². The van der Waals surface area contributed by atoms with Crippen molar-refractivity contribution in [1.82, 2.24) is 5.32 Å². The van der Waals surface area contributed by atoms with Crippen LogP contribution < -0.4 is 10.6 Å². The Hall–Kier alpha value is -0.930. The number of anilines is 1. The van der Waals surface area contributed by atoms with Crippen LogP contribution in [0.1, 0.15) is 27.7 Å². The molecule has 20 heavy (non-hydrogen) atoms. The molecule has 112 valence electrons. The molecular formula is C15H22Cl2N2O. The fourth-order valence-electron chi connectivity index (χ4n) is 2.25. The standard InChI is InChI=1S/C15H22Cl2N2O/c1-9(2)14(10(3)4)8-18-15(20)19-13-6-11(16)5-12(17)7-13/h5-7,9-10,14H,8H2,1-4H3,(H2,18,19,20).